The zero-order chi connectivity index (χ0) is 9.56. The molecule has 2 N–H and O–H groups in total. The van der Waals surface area contributed by atoms with Crippen LogP contribution < -0.4 is 5.32 Å². The molecule has 0 heterocycles. The molecule has 0 aliphatic rings. The largest absolute Gasteiger partial charge is 0.480 e. The first-order valence-electron chi connectivity index (χ1n) is 4.09. The Balaban J connectivity index is 4.24. The first kappa shape index (κ1) is 10.9. The third-order valence-corrected chi connectivity index (χ3v) is 2.03. The first-order valence-corrected chi connectivity index (χ1v) is 4.09. The number of carbonyl (C=O) groups is 2. The van der Waals surface area contributed by atoms with Gasteiger partial charge in [-0.3, -0.25) is 4.79 Å². The van der Waals surface area contributed by atoms with Crippen LogP contribution in [0.15, 0.2) is 0 Å². The summed E-state index contributed by atoms with van der Waals surface area (Å²) in [6, 6.07) is -0.738. The van der Waals surface area contributed by atoms with E-state index in [1.165, 1.54) is 0 Å². The topological polar surface area (TPSA) is 66.4 Å². The molecule has 4 nitrogen and oxygen atoms in total. The van der Waals surface area contributed by atoms with Crippen LogP contribution in [-0.4, -0.2) is 23.5 Å². The van der Waals surface area contributed by atoms with Crippen molar-refractivity contribution in [3.05, 3.63) is 0 Å². The van der Waals surface area contributed by atoms with E-state index in [9.17, 15) is 9.59 Å². The highest BCUT2D eigenvalue weighted by atomic mass is 16.4. The van der Waals surface area contributed by atoms with Crippen molar-refractivity contribution >= 4 is 12.4 Å². The predicted octanol–water partition coefficient (Wildman–Crippen LogP) is 0.622. The zero-order valence-corrected chi connectivity index (χ0v) is 7.41. The number of rotatable bonds is 6. The van der Waals surface area contributed by atoms with Crippen molar-refractivity contribution in [3.63, 3.8) is 0 Å². The van der Waals surface area contributed by atoms with Crippen LogP contribution in [-0.2, 0) is 9.59 Å². The highest BCUT2D eigenvalue weighted by Crippen LogP contribution is 2.12. The van der Waals surface area contributed by atoms with Crippen molar-refractivity contribution in [1.82, 2.24) is 5.32 Å². The number of carboxylic acids is 1. The molecule has 0 aliphatic heterocycles. The van der Waals surface area contributed by atoms with Gasteiger partial charge in [0.2, 0.25) is 6.41 Å². The maximum atomic E-state index is 10.6. The normalized spacial score (nSPS) is 12.6. The second-order valence-electron chi connectivity index (χ2n) is 2.68. The van der Waals surface area contributed by atoms with Gasteiger partial charge in [0.05, 0.1) is 0 Å². The highest BCUT2D eigenvalue weighted by Gasteiger charge is 2.24. The van der Waals surface area contributed by atoms with Crippen molar-refractivity contribution in [2.24, 2.45) is 5.92 Å². The Morgan fingerprint density at radius 2 is 2.00 bits per heavy atom. The van der Waals surface area contributed by atoms with Gasteiger partial charge in [0.15, 0.2) is 0 Å². The van der Waals surface area contributed by atoms with Crippen LogP contribution in [0.3, 0.4) is 0 Å². The van der Waals surface area contributed by atoms with E-state index in [-0.39, 0.29) is 5.92 Å². The maximum Gasteiger partial charge on any atom is 0.326 e. The zero-order valence-electron chi connectivity index (χ0n) is 7.41. The molecule has 0 fully saturated rings. The summed E-state index contributed by atoms with van der Waals surface area (Å²) in [5.74, 6) is -0.941. The standard InChI is InChI=1S/C8H15NO3/c1-3-6(4-2)7(8(11)12)9-5-10/h5-7H,3-4H2,1-2H3,(H,9,10)(H,11,12). The quantitative estimate of drug-likeness (QED) is 0.579. The Hall–Kier alpha value is -1.06. The summed E-state index contributed by atoms with van der Waals surface area (Å²) in [7, 11) is 0. The van der Waals surface area contributed by atoms with Crippen LogP contribution >= 0.6 is 0 Å². The number of hydrogen-bond donors (Lipinski definition) is 2. The molecule has 0 aromatic carbocycles. The van der Waals surface area contributed by atoms with Crippen molar-refractivity contribution in [1.29, 1.82) is 0 Å². The molecule has 1 unspecified atom stereocenters. The minimum absolute atomic E-state index is 0.0210. The molecule has 0 saturated heterocycles. The summed E-state index contributed by atoms with van der Waals surface area (Å²) in [5.41, 5.74) is 0. The summed E-state index contributed by atoms with van der Waals surface area (Å²) in [5, 5.41) is 11.0. The lowest BCUT2D eigenvalue weighted by molar-refractivity contribution is -0.142. The van der Waals surface area contributed by atoms with Gasteiger partial charge in [-0.05, 0) is 5.92 Å². The highest BCUT2D eigenvalue weighted by molar-refractivity contribution is 5.76. The molecule has 0 bridgehead atoms. The van der Waals surface area contributed by atoms with Crippen molar-refractivity contribution < 1.29 is 14.7 Å². The van der Waals surface area contributed by atoms with E-state index in [1.54, 1.807) is 0 Å². The second-order valence-corrected chi connectivity index (χ2v) is 2.68. The van der Waals surface area contributed by atoms with E-state index in [4.69, 9.17) is 5.11 Å². The molecule has 1 amide bonds. The van der Waals surface area contributed by atoms with E-state index in [1.807, 2.05) is 13.8 Å². The number of carboxylic acid groups (broad SMARTS) is 1. The average molecular weight is 173 g/mol. The number of nitrogens with one attached hydrogen (secondary N) is 1. The van der Waals surface area contributed by atoms with Gasteiger partial charge in [-0.15, -0.1) is 0 Å². The number of hydrogen-bond acceptors (Lipinski definition) is 2. The van der Waals surface area contributed by atoms with E-state index < -0.39 is 12.0 Å². The smallest absolute Gasteiger partial charge is 0.326 e. The molecule has 0 aliphatic carbocycles. The van der Waals surface area contributed by atoms with Crippen molar-refractivity contribution in [2.45, 2.75) is 32.7 Å². The second kappa shape index (κ2) is 5.57. The SMILES string of the molecule is CCC(CC)C(NC=O)C(=O)O. The van der Waals surface area contributed by atoms with Gasteiger partial charge in [-0.1, -0.05) is 26.7 Å². The first-order chi connectivity index (χ1) is 5.67. The van der Waals surface area contributed by atoms with Gasteiger partial charge in [0.25, 0.3) is 0 Å². The van der Waals surface area contributed by atoms with E-state index in [0.29, 0.717) is 6.41 Å². The van der Waals surface area contributed by atoms with Crippen LogP contribution in [0.4, 0.5) is 0 Å². The summed E-state index contributed by atoms with van der Waals surface area (Å²) < 4.78 is 0. The lowest BCUT2D eigenvalue weighted by atomic mass is 9.94. The van der Waals surface area contributed by atoms with E-state index >= 15 is 0 Å². The van der Waals surface area contributed by atoms with Crippen LogP contribution in [0.5, 0.6) is 0 Å². The maximum absolute atomic E-state index is 10.6. The number of carbonyl (C=O) groups excluding carboxylic acids is 1. The third-order valence-electron chi connectivity index (χ3n) is 2.03. The van der Waals surface area contributed by atoms with Crippen LogP contribution in [0.1, 0.15) is 26.7 Å². The lowest BCUT2D eigenvalue weighted by Crippen LogP contribution is -2.41. The number of aliphatic carboxylic acids is 1. The molecule has 1 atom stereocenters. The molecule has 0 aromatic heterocycles. The Kier molecular flexibility index (Phi) is 5.08. The lowest BCUT2D eigenvalue weighted by Gasteiger charge is -2.19. The molecule has 70 valence electrons. The average Bonchev–Trinajstić information content (AvgIpc) is 2.05. The predicted molar refractivity (Wildman–Crippen MR) is 44.7 cm³/mol. The molecule has 12 heavy (non-hydrogen) atoms. The van der Waals surface area contributed by atoms with Gasteiger partial charge in [0, 0.05) is 0 Å². The molecule has 0 spiro atoms. The summed E-state index contributed by atoms with van der Waals surface area (Å²) in [6.45, 7) is 3.83. The fourth-order valence-electron chi connectivity index (χ4n) is 1.24. The number of amides is 1. The van der Waals surface area contributed by atoms with Gasteiger partial charge in [0.1, 0.15) is 6.04 Å². The Bertz CT molecular complexity index is 154. The third kappa shape index (κ3) is 2.90. The van der Waals surface area contributed by atoms with Gasteiger partial charge >= 0.3 is 5.97 Å². The minimum atomic E-state index is -0.962. The minimum Gasteiger partial charge on any atom is -0.480 e. The van der Waals surface area contributed by atoms with Crippen LogP contribution in [0, 0.1) is 5.92 Å². The molecular weight excluding hydrogens is 158 g/mol. The van der Waals surface area contributed by atoms with Gasteiger partial charge < -0.3 is 10.4 Å². The summed E-state index contributed by atoms with van der Waals surface area (Å²) >= 11 is 0. The van der Waals surface area contributed by atoms with Crippen molar-refractivity contribution in [2.75, 3.05) is 0 Å². The van der Waals surface area contributed by atoms with Crippen LogP contribution in [0.25, 0.3) is 0 Å². The fourth-order valence-corrected chi connectivity index (χ4v) is 1.24. The molecule has 0 saturated carbocycles. The monoisotopic (exact) mass is 173 g/mol. The molecule has 0 aromatic rings. The molecular formula is C8H15NO3. The Morgan fingerprint density at radius 1 is 1.50 bits per heavy atom. The van der Waals surface area contributed by atoms with Gasteiger partial charge in [-0.25, -0.2) is 4.79 Å². The fraction of sp³-hybridized carbons (Fsp3) is 0.750. The molecule has 0 rings (SSSR count). The van der Waals surface area contributed by atoms with Crippen molar-refractivity contribution in [3.8, 4) is 0 Å². The Labute approximate surface area is 72.0 Å². The van der Waals surface area contributed by atoms with Gasteiger partial charge in [-0.2, -0.15) is 0 Å². The van der Waals surface area contributed by atoms with Crippen LogP contribution in [0.2, 0.25) is 0 Å². The molecule has 0 radical (unpaired) electrons. The van der Waals surface area contributed by atoms with E-state index in [2.05, 4.69) is 5.32 Å². The van der Waals surface area contributed by atoms with E-state index in [0.717, 1.165) is 12.8 Å². The Morgan fingerprint density at radius 3 is 2.25 bits per heavy atom. The summed E-state index contributed by atoms with van der Waals surface area (Å²) in [6.07, 6.45) is 1.96. The molecule has 4 heteroatoms. The summed E-state index contributed by atoms with van der Waals surface area (Å²) in [4.78, 5) is 20.7.